The number of carbonyl (C=O) groups excluding carboxylic acids is 1. The first kappa shape index (κ1) is 11.8. The monoisotopic (exact) mass is 258 g/mol. The summed E-state index contributed by atoms with van der Waals surface area (Å²) in [6.07, 6.45) is -3.44. The zero-order chi connectivity index (χ0) is 12.5. The number of benzene rings is 1. The Bertz CT molecular complexity index is 565. The summed E-state index contributed by atoms with van der Waals surface area (Å²) in [5.41, 5.74) is 0. The maximum atomic E-state index is 12.1. The van der Waals surface area contributed by atoms with Crippen molar-refractivity contribution in [2.45, 2.75) is 11.2 Å². The minimum absolute atomic E-state index is 0.0366. The number of halogens is 3. The van der Waals surface area contributed by atoms with E-state index in [0.717, 1.165) is 0 Å². The molecule has 3 nitrogen and oxygen atoms in total. The van der Waals surface area contributed by atoms with Gasteiger partial charge in [0.05, 0.1) is 6.20 Å². The van der Waals surface area contributed by atoms with Crippen LogP contribution in [0.25, 0.3) is 10.8 Å². The van der Waals surface area contributed by atoms with E-state index in [0.29, 0.717) is 10.8 Å². The highest BCUT2D eigenvalue weighted by Crippen LogP contribution is 2.31. The molecule has 1 heterocycles. The van der Waals surface area contributed by atoms with E-state index >= 15 is 0 Å². The van der Waals surface area contributed by atoms with Crippen molar-refractivity contribution in [2.24, 2.45) is 0 Å². The van der Waals surface area contributed by atoms with Crippen LogP contribution in [0.2, 0.25) is 0 Å². The molecule has 0 amide bonds. The molecule has 0 radical (unpaired) electrons. The van der Waals surface area contributed by atoms with Crippen molar-refractivity contribution in [3.63, 3.8) is 0 Å². The highest BCUT2D eigenvalue weighted by atomic mass is 32.2. The number of nitrogens with zero attached hydrogens (tertiary/aromatic N) is 2. The van der Waals surface area contributed by atoms with E-state index in [2.05, 4.69) is 10.2 Å². The Hall–Kier alpha value is -1.63. The van der Waals surface area contributed by atoms with Crippen molar-refractivity contribution in [1.29, 1.82) is 0 Å². The standard InChI is InChI=1S/C10H5F3N2OS/c11-10(12,13)9(16)17-8-7-4-2-1-3-6(7)5-14-15-8/h1-5H. The van der Waals surface area contributed by atoms with Gasteiger partial charge in [-0.15, -0.1) is 5.10 Å². The van der Waals surface area contributed by atoms with Crippen LogP contribution in [0.3, 0.4) is 0 Å². The Morgan fingerprint density at radius 1 is 1.24 bits per heavy atom. The van der Waals surface area contributed by atoms with E-state index in [1.165, 1.54) is 6.20 Å². The molecule has 0 aliphatic heterocycles. The van der Waals surface area contributed by atoms with Crippen LogP contribution >= 0.6 is 11.8 Å². The molecule has 7 heteroatoms. The fraction of sp³-hybridized carbons (Fsp3) is 0.100. The second-order valence-corrected chi connectivity index (χ2v) is 4.09. The second kappa shape index (κ2) is 4.33. The van der Waals surface area contributed by atoms with Gasteiger partial charge < -0.3 is 0 Å². The van der Waals surface area contributed by atoms with E-state index in [1.807, 2.05) is 0 Å². The quantitative estimate of drug-likeness (QED) is 0.738. The Morgan fingerprint density at radius 2 is 1.94 bits per heavy atom. The number of hydrogen-bond donors (Lipinski definition) is 0. The number of rotatable bonds is 1. The van der Waals surface area contributed by atoms with Gasteiger partial charge in [-0.2, -0.15) is 18.3 Å². The first-order chi connectivity index (χ1) is 7.98. The lowest BCUT2D eigenvalue weighted by atomic mass is 10.2. The average Bonchev–Trinajstić information content (AvgIpc) is 2.28. The summed E-state index contributed by atoms with van der Waals surface area (Å²) in [7, 11) is 0. The SMILES string of the molecule is O=C(Sc1nncc2ccccc12)C(F)(F)F. The Balaban J connectivity index is 2.40. The van der Waals surface area contributed by atoms with Crippen molar-refractivity contribution in [2.75, 3.05) is 0 Å². The third-order valence-electron chi connectivity index (χ3n) is 1.96. The predicted molar refractivity (Wildman–Crippen MR) is 56.5 cm³/mol. The number of thioether (sulfide) groups is 1. The molecule has 0 saturated heterocycles. The first-order valence-electron chi connectivity index (χ1n) is 4.48. The number of alkyl halides is 3. The molecule has 1 aromatic carbocycles. The lowest BCUT2D eigenvalue weighted by Gasteiger charge is -2.05. The van der Waals surface area contributed by atoms with Crippen LogP contribution in [0.1, 0.15) is 0 Å². The average molecular weight is 258 g/mol. The van der Waals surface area contributed by atoms with Gasteiger partial charge in [-0.3, -0.25) is 4.79 Å². The fourth-order valence-electron chi connectivity index (χ4n) is 1.22. The molecule has 17 heavy (non-hydrogen) atoms. The van der Waals surface area contributed by atoms with Gasteiger partial charge in [-0.25, -0.2) is 0 Å². The van der Waals surface area contributed by atoms with Gasteiger partial charge in [0.2, 0.25) is 0 Å². The third-order valence-corrected chi connectivity index (χ3v) is 2.87. The molecule has 0 aliphatic rings. The minimum atomic E-state index is -4.87. The summed E-state index contributed by atoms with van der Waals surface area (Å²) in [4.78, 5) is 10.8. The lowest BCUT2D eigenvalue weighted by molar-refractivity contribution is -0.160. The van der Waals surface area contributed by atoms with Crippen LogP contribution in [-0.2, 0) is 4.79 Å². The molecular formula is C10H5F3N2OS. The van der Waals surface area contributed by atoms with Gasteiger partial charge in [-0.05, 0) is 11.8 Å². The van der Waals surface area contributed by atoms with Crippen LogP contribution in [0.5, 0.6) is 0 Å². The Labute approximate surface area is 98.0 Å². The fourth-order valence-corrected chi connectivity index (χ4v) is 1.90. The summed E-state index contributed by atoms with van der Waals surface area (Å²) in [5, 5.41) is 6.29. The topological polar surface area (TPSA) is 42.9 Å². The van der Waals surface area contributed by atoms with Gasteiger partial charge in [0.1, 0.15) is 5.03 Å². The summed E-state index contributed by atoms with van der Waals surface area (Å²) in [5.74, 6) is 0. The molecule has 0 aliphatic carbocycles. The maximum absolute atomic E-state index is 12.1. The Morgan fingerprint density at radius 3 is 2.65 bits per heavy atom. The van der Waals surface area contributed by atoms with Crippen LogP contribution in [0.4, 0.5) is 13.2 Å². The summed E-state index contributed by atoms with van der Waals surface area (Å²) in [6.45, 7) is 0. The van der Waals surface area contributed by atoms with Gasteiger partial charge in [-0.1, -0.05) is 24.3 Å². The van der Waals surface area contributed by atoms with Crippen molar-refractivity contribution >= 4 is 27.6 Å². The van der Waals surface area contributed by atoms with E-state index in [4.69, 9.17) is 0 Å². The van der Waals surface area contributed by atoms with Crippen LogP contribution < -0.4 is 0 Å². The number of carbonyl (C=O) groups is 1. The van der Waals surface area contributed by atoms with Crippen LogP contribution in [-0.4, -0.2) is 21.5 Å². The van der Waals surface area contributed by atoms with Crippen molar-refractivity contribution in [1.82, 2.24) is 10.2 Å². The molecular weight excluding hydrogens is 253 g/mol. The van der Waals surface area contributed by atoms with Crippen LogP contribution in [0.15, 0.2) is 35.5 Å². The molecule has 1 aromatic heterocycles. The van der Waals surface area contributed by atoms with E-state index in [-0.39, 0.29) is 16.8 Å². The molecule has 0 spiro atoms. The predicted octanol–water partition coefficient (Wildman–Crippen LogP) is 2.81. The van der Waals surface area contributed by atoms with Crippen molar-refractivity contribution in [3.05, 3.63) is 30.5 Å². The molecule has 2 rings (SSSR count). The minimum Gasteiger partial charge on any atom is -0.276 e. The van der Waals surface area contributed by atoms with Gasteiger partial charge in [0, 0.05) is 10.8 Å². The van der Waals surface area contributed by atoms with Gasteiger partial charge in [0.15, 0.2) is 0 Å². The second-order valence-electron chi connectivity index (χ2n) is 3.12. The lowest BCUT2D eigenvalue weighted by Crippen LogP contribution is -2.19. The molecule has 0 unspecified atom stereocenters. The van der Waals surface area contributed by atoms with Crippen LogP contribution in [0, 0.1) is 0 Å². The largest absolute Gasteiger partial charge is 0.461 e. The number of fused-ring (bicyclic) bond motifs is 1. The zero-order valence-electron chi connectivity index (χ0n) is 8.23. The van der Waals surface area contributed by atoms with E-state index in [1.54, 1.807) is 24.3 Å². The highest BCUT2D eigenvalue weighted by Gasteiger charge is 2.39. The molecule has 0 fully saturated rings. The molecule has 2 aromatic rings. The van der Waals surface area contributed by atoms with Gasteiger partial charge >= 0.3 is 6.18 Å². The number of aromatic nitrogens is 2. The van der Waals surface area contributed by atoms with Gasteiger partial charge in [0.25, 0.3) is 5.12 Å². The first-order valence-corrected chi connectivity index (χ1v) is 5.29. The summed E-state index contributed by atoms with van der Waals surface area (Å²) < 4.78 is 36.3. The highest BCUT2D eigenvalue weighted by molar-refractivity contribution is 8.13. The molecule has 0 atom stereocenters. The normalized spacial score (nSPS) is 11.7. The van der Waals surface area contributed by atoms with E-state index < -0.39 is 11.3 Å². The maximum Gasteiger partial charge on any atom is 0.461 e. The summed E-state index contributed by atoms with van der Waals surface area (Å²) >= 11 is 0.0425. The molecule has 0 bridgehead atoms. The molecule has 0 saturated carbocycles. The number of hydrogen-bond acceptors (Lipinski definition) is 4. The third kappa shape index (κ3) is 2.55. The Kier molecular flexibility index (Phi) is 3.01. The zero-order valence-corrected chi connectivity index (χ0v) is 9.05. The van der Waals surface area contributed by atoms with Crippen molar-refractivity contribution in [3.8, 4) is 0 Å². The molecule has 88 valence electrons. The molecule has 0 N–H and O–H groups in total. The smallest absolute Gasteiger partial charge is 0.276 e. The van der Waals surface area contributed by atoms with E-state index in [9.17, 15) is 18.0 Å². The summed E-state index contributed by atoms with van der Waals surface area (Å²) in [6, 6.07) is 6.66. The van der Waals surface area contributed by atoms with Crippen molar-refractivity contribution < 1.29 is 18.0 Å².